The van der Waals surface area contributed by atoms with Gasteiger partial charge >= 0.3 is 11.6 Å². The van der Waals surface area contributed by atoms with Crippen molar-refractivity contribution in [2.24, 2.45) is 0 Å². The molecule has 1 aromatic carbocycles. The predicted octanol–water partition coefficient (Wildman–Crippen LogP) is 1.70. The number of aliphatic carboxylic acids is 1. The zero-order valence-corrected chi connectivity index (χ0v) is 10.8. The first kappa shape index (κ1) is 14.1. The molecular formula is C14H14O6. The highest BCUT2D eigenvalue weighted by atomic mass is 16.5. The van der Waals surface area contributed by atoms with Crippen molar-refractivity contribution in [1.29, 1.82) is 0 Å². The quantitative estimate of drug-likeness (QED) is 0.808. The molecule has 0 saturated carbocycles. The van der Waals surface area contributed by atoms with Gasteiger partial charge in [-0.3, -0.25) is 4.79 Å². The molecule has 2 rings (SSSR count). The second kappa shape index (κ2) is 5.75. The highest BCUT2D eigenvalue weighted by Gasteiger charge is 2.16. The zero-order valence-electron chi connectivity index (χ0n) is 10.8. The van der Waals surface area contributed by atoms with Gasteiger partial charge in [0.15, 0.2) is 0 Å². The average Bonchev–Trinajstić information content (AvgIpc) is 2.43. The van der Waals surface area contributed by atoms with Gasteiger partial charge in [0, 0.05) is 23.4 Å². The van der Waals surface area contributed by atoms with E-state index in [0.717, 1.165) is 0 Å². The molecule has 2 N–H and O–H groups in total. The van der Waals surface area contributed by atoms with Crippen LogP contribution < -0.4 is 10.4 Å². The molecule has 106 valence electrons. The van der Waals surface area contributed by atoms with E-state index in [4.69, 9.17) is 14.3 Å². The molecule has 1 atom stereocenters. The van der Waals surface area contributed by atoms with Gasteiger partial charge in [-0.1, -0.05) is 0 Å². The number of carboxylic acids is 1. The molecule has 0 saturated heterocycles. The topological polar surface area (TPSA) is 97.0 Å². The lowest BCUT2D eigenvalue weighted by Gasteiger charge is -2.14. The van der Waals surface area contributed by atoms with Crippen LogP contribution in [0, 0.1) is 0 Å². The molecule has 1 heterocycles. The van der Waals surface area contributed by atoms with E-state index in [-0.39, 0.29) is 12.8 Å². The second-order valence-electron chi connectivity index (χ2n) is 4.33. The van der Waals surface area contributed by atoms with Crippen LogP contribution >= 0.6 is 0 Å². The third kappa shape index (κ3) is 2.97. The molecule has 0 bridgehead atoms. The Morgan fingerprint density at radius 1 is 1.40 bits per heavy atom. The van der Waals surface area contributed by atoms with Gasteiger partial charge in [-0.15, -0.1) is 0 Å². The molecule has 1 aromatic heterocycles. The summed E-state index contributed by atoms with van der Waals surface area (Å²) in [5, 5.41) is 19.4. The first-order chi connectivity index (χ1) is 9.51. The normalized spacial score (nSPS) is 12.3. The summed E-state index contributed by atoms with van der Waals surface area (Å²) in [6.07, 6.45) is -1.12. The van der Waals surface area contributed by atoms with Crippen LogP contribution in [0.25, 0.3) is 11.0 Å². The second-order valence-corrected chi connectivity index (χ2v) is 4.33. The van der Waals surface area contributed by atoms with Gasteiger partial charge in [0.1, 0.15) is 11.3 Å². The average molecular weight is 278 g/mol. The molecule has 0 aliphatic carbocycles. The Morgan fingerprint density at radius 2 is 2.15 bits per heavy atom. The number of benzene rings is 1. The van der Waals surface area contributed by atoms with Crippen molar-refractivity contribution in [2.45, 2.75) is 18.9 Å². The molecular weight excluding hydrogens is 264 g/mol. The van der Waals surface area contributed by atoms with Crippen molar-refractivity contribution < 1.29 is 24.2 Å². The molecule has 6 heteroatoms. The number of hydrogen-bond acceptors (Lipinski definition) is 5. The minimum Gasteiger partial charge on any atom is -0.496 e. The first-order valence-electron chi connectivity index (χ1n) is 6.03. The van der Waals surface area contributed by atoms with Crippen molar-refractivity contribution in [3.8, 4) is 5.75 Å². The van der Waals surface area contributed by atoms with Crippen molar-refractivity contribution in [3.63, 3.8) is 0 Å². The highest BCUT2D eigenvalue weighted by Crippen LogP contribution is 2.32. The van der Waals surface area contributed by atoms with E-state index in [9.17, 15) is 14.7 Å². The standard InChI is InChI=1S/C14H14O6/c1-19-12-6-8-2-5-14(18)20-11(8)7-9(12)10(15)3-4-13(16)17/h2,5-7,10,15H,3-4H2,1H3,(H,16,17). The fraction of sp³-hybridized carbons (Fsp3) is 0.286. The van der Waals surface area contributed by atoms with Gasteiger partial charge in [0.25, 0.3) is 0 Å². The summed E-state index contributed by atoms with van der Waals surface area (Å²) in [6, 6.07) is 6.03. The molecule has 0 fully saturated rings. The van der Waals surface area contributed by atoms with Gasteiger partial charge < -0.3 is 19.4 Å². The Labute approximate surface area is 114 Å². The maximum absolute atomic E-state index is 11.2. The lowest BCUT2D eigenvalue weighted by molar-refractivity contribution is -0.137. The molecule has 20 heavy (non-hydrogen) atoms. The fourth-order valence-electron chi connectivity index (χ4n) is 1.96. The van der Waals surface area contributed by atoms with Crippen molar-refractivity contribution in [1.82, 2.24) is 0 Å². The maximum Gasteiger partial charge on any atom is 0.336 e. The van der Waals surface area contributed by atoms with Crippen LogP contribution in [0.5, 0.6) is 5.75 Å². The summed E-state index contributed by atoms with van der Waals surface area (Å²) >= 11 is 0. The number of carboxylic acid groups (broad SMARTS) is 1. The first-order valence-corrected chi connectivity index (χ1v) is 6.03. The summed E-state index contributed by atoms with van der Waals surface area (Å²) in [5.41, 5.74) is 0.229. The van der Waals surface area contributed by atoms with E-state index in [2.05, 4.69) is 0 Å². The molecule has 0 spiro atoms. The fourth-order valence-corrected chi connectivity index (χ4v) is 1.96. The number of rotatable bonds is 5. The number of hydrogen-bond donors (Lipinski definition) is 2. The monoisotopic (exact) mass is 278 g/mol. The van der Waals surface area contributed by atoms with Crippen molar-refractivity contribution in [2.75, 3.05) is 7.11 Å². The number of carbonyl (C=O) groups is 1. The summed E-state index contributed by atoms with van der Waals surface area (Å²) in [5.74, 6) is -0.570. The van der Waals surface area contributed by atoms with Crippen LogP contribution in [0.15, 0.2) is 33.5 Å². The maximum atomic E-state index is 11.2. The summed E-state index contributed by atoms with van der Waals surface area (Å²) in [7, 11) is 1.45. The Morgan fingerprint density at radius 3 is 2.80 bits per heavy atom. The Balaban J connectivity index is 2.44. The number of aliphatic hydroxyl groups is 1. The van der Waals surface area contributed by atoms with E-state index in [1.807, 2.05) is 0 Å². The lowest BCUT2D eigenvalue weighted by Crippen LogP contribution is -2.05. The van der Waals surface area contributed by atoms with Crippen molar-refractivity contribution >= 4 is 16.9 Å². The van der Waals surface area contributed by atoms with Crippen molar-refractivity contribution in [3.05, 3.63) is 40.2 Å². The zero-order chi connectivity index (χ0) is 14.7. The van der Waals surface area contributed by atoms with Crippen LogP contribution in [-0.4, -0.2) is 23.3 Å². The third-order valence-corrected chi connectivity index (χ3v) is 2.96. The van der Waals surface area contributed by atoms with Crippen LogP contribution in [0.3, 0.4) is 0 Å². The predicted molar refractivity (Wildman–Crippen MR) is 70.9 cm³/mol. The largest absolute Gasteiger partial charge is 0.496 e. The van der Waals surface area contributed by atoms with Gasteiger partial charge in [0.05, 0.1) is 13.2 Å². The molecule has 0 aliphatic rings. The van der Waals surface area contributed by atoms with E-state index in [1.165, 1.54) is 19.2 Å². The summed E-state index contributed by atoms with van der Waals surface area (Å²) < 4.78 is 10.2. The van der Waals surface area contributed by atoms with Gasteiger partial charge in [-0.2, -0.15) is 0 Å². The molecule has 0 aliphatic heterocycles. The van der Waals surface area contributed by atoms with E-state index in [0.29, 0.717) is 22.3 Å². The Bertz CT molecular complexity index is 688. The summed E-state index contributed by atoms with van der Waals surface area (Å²) in [4.78, 5) is 21.7. The van der Waals surface area contributed by atoms with Gasteiger partial charge in [-0.05, 0) is 24.6 Å². The Kier molecular flexibility index (Phi) is 4.05. The number of ether oxygens (including phenoxy) is 1. The molecule has 1 unspecified atom stereocenters. The van der Waals surface area contributed by atoms with Crippen LogP contribution in [0.4, 0.5) is 0 Å². The molecule has 6 nitrogen and oxygen atoms in total. The molecule has 0 amide bonds. The minimum atomic E-state index is -1.00. The lowest BCUT2D eigenvalue weighted by atomic mass is 10.0. The number of methoxy groups -OCH3 is 1. The van der Waals surface area contributed by atoms with Gasteiger partial charge in [-0.25, -0.2) is 4.79 Å². The number of aliphatic hydroxyl groups excluding tert-OH is 1. The third-order valence-electron chi connectivity index (χ3n) is 2.96. The number of fused-ring (bicyclic) bond motifs is 1. The van der Waals surface area contributed by atoms with E-state index < -0.39 is 17.7 Å². The van der Waals surface area contributed by atoms with Crippen LogP contribution in [0.2, 0.25) is 0 Å². The van der Waals surface area contributed by atoms with Gasteiger partial charge in [0.2, 0.25) is 0 Å². The minimum absolute atomic E-state index is 0.0499. The summed E-state index contributed by atoms with van der Waals surface area (Å²) in [6.45, 7) is 0. The Hall–Kier alpha value is -2.34. The SMILES string of the molecule is COc1cc2ccc(=O)oc2cc1C(O)CCC(=O)O. The molecule has 2 aromatic rings. The smallest absolute Gasteiger partial charge is 0.336 e. The van der Waals surface area contributed by atoms with E-state index >= 15 is 0 Å². The van der Waals surface area contributed by atoms with Crippen LogP contribution in [-0.2, 0) is 4.79 Å². The molecule has 0 radical (unpaired) electrons. The van der Waals surface area contributed by atoms with Crippen LogP contribution in [0.1, 0.15) is 24.5 Å². The van der Waals surface area contributed by atoms with E-state index in [1.54, 1.807) is 12.1 Å². The highest BCUT2D eigenvalue weighted by molar-refractivity contribution is 5.79.